The molecule has 0 aliphatic heterocycles. The Hall–Kier alpha value is -1.61. The highest BCUT2D eigenvalue weighted by Gasteiger charge is 2.13. The van der Waals surface area contributed by atoms with Gasteiger partial charge in [0.15, 0.2) is 0 Å². The predicted molar refractivity (Wildman–Crippen MR) is 84.9 cm³/mol. The Bertz CT molecular complexity index is 594. The normalized spacial score (nSPS) is 11.2. The van der Waals surface area contributed by atoms with Crippen LogP contribution in [0.5, 0.6) is 0 Å². The third-order valence-corrected chi connectivity index (χ3v) is 3.53. The monoisotopic (exact) mass is 289 g/mol. The number of anilines is 2. The molecule has 0 bridgehead atoms. The predicted octanol–water partition coefficient (Wildman–Crippen LogP) is 5.12. The standard InChI is InChI=1S/C16H20ClN3/c1-10(2)12-6-5-7-13(8-12)20-16-14(11(3)4)15(17)18-9-19-16/h5-11H,1-4H3,(H,18,19,20). The molecule has 0 unspecified atom stereocenters. The molecule has 4 heteroatoms. The van der Waals surface area contributed by atoms with Crippen LogP contribution in [0.3, 0.4) is 0 Å². The van der Waals surface area contributed by atoms with Crippen molar-refractivity contribution in [3.05, 3.63) is 46.9 Å². The summed E-state index contributed by atoms with van der Waals surface area (Å²) in [4.78, 5) is 8.39. The molecule has 0 radical (unpaired) electrons. The van der Waals surface area contributed by atoms with Crippen LogP contribution in [0.25, 0.3) is 0 Å². The van der Waals surface area contributed by atoms with Gasteiger partial charge >= 0.3 is 0 Å². The van der Waals surface area contributed by atoms with Crippen molar-refractivity contribution >= 4 is 23.1 Å². The summed E-state index contributed by atoms with van der Waals surface area (Å²) < 4.78 is 0. The molecule has 106 valence electrons. The molecule has 1 heterocycles. The van der Waals surface area contributed by atoms with E-state index in [9.17, 15) is 0 Å². The number of benzene rings is 1. The summed E-state index contributed by atoms with van der Waals surface area (Å²) in [7, 11) is 0. The fourth-order valence-electron chi connectivity index (χ4n) is 2.10. The highest BCUT2D eigenvalue weighted by Crippen LogP contribution is 2.30. The van der Waals surface area contributed by atoms with Crippen LogP contribution in [0, 0.1) is 0 Å². The smallest absolute Gasteiger partial charge is 0.138 e. The first kappa shape index (κ1) is 14.8. The number of hydrogen-bond acceptors (Lipinski definition) is 3. The molecule has 0 aliphatic rings. The molecule has 3 nitrogen and oxygen atoms in total. The van der Waals surface area contributed by atoms with Crippen molar-refractivity contribution in [2.24, 2.45) is 0 Å². The highest BCUT2D eigenvalue weighted by atomic mass is 35.5. The molecule has 0 saturated carbocycles. The molecule has 0 aliphatic carbocycles. The van der Waals surface area contributed by atoms with Crippen molar-refractivity contribution < 1.29 is 0 Å². The molecule has 0 amide bonds. The molecule has 0 spiro atoms. The molecule has 0 atom stereocenters. The van der Waals surface area contributed by atoms with Crippen molar-refractivity contribution in [3.63, 3.8) is 0 Å². The second-order valence-corrected chi connectivity index (χ2v) is 5.84. The number of nitrogens with one attached hydrogen (secondary N) is 1. The van der Waals surface area contributed by atoms with Crippen LogP contribution in [0.4, 0.5) is 11.5 Å². The number of rotatable bonds is 4. The number of hydrogen-bond donors (Lipinski definition) is 1. The SMILES string of the molecule is CC(C)c1cccc(Nc2ncnc(Cl)c2C(C)C)c1. The van der Waals surface area contributed by atoms with Crippen LogP contribution in [0.2, 0.25) is 5.15 Å². The average Bonchev–Trinajstić information content (AvgIpc) is 2.38. The summed E-state index contributed by atoms with van der Waals surface area (Å²) in [6.07, 6.45) is 1.49. The van der Waals surface area contributed by atoms with Gasteiger partial charge in [-0.25, -0.2) is 9.97 Å². The van der Waals surface area contributed by atoms with Crippen molar-refractivity contribution in [3.8, 4) is 0 Å². The van der Waals surface area contributed by atoms with Gasteiger partial charge in [-0.15, -0.1) is 0 Å². The van der Waals surface area contributed by atoms with E-state index < -0.39 is 0 Å². The van der Waals surface area contributed by atoms with E-state index in [2.05, 4.69) is 61.2 Å². The fraction of sp³-hybridized carbons (Fsp3) is 0.375. The van der Waals surface area contributed by atoms with Crippen LogP contribution in [-0.2, 0) is 0 Å². The molecular weight excluding hydrogens is 270 g/mol. The van der Waals surface area contributed by atoms with Crippen LogP contribution < -0.4 is 5.32 Å². The lowest BCUT2D eigenvalue weighted by Gasteiger charge is -2.15. The molecule has 1 aromatic carbocycles. The van der Waals surface area contributed by atoms with Crippen molar-refractivity contribution in [2.45, 2.75) is 39.5 Å². The maximum absolute atomic E-state index is 6.18. The summed E-state index contributed by atoms with van der Waals surface area (Å²) in [6, 6.07) is 8.36. The number of aromatic nitrogens is 2. The van der Waals surface area contributed by atoms with Crippen LogP contribution in [0.1, 0.15) is 50.7 Å². The van der Waals surface area contributed by atoms with Gasteiger partial charge in [0, 0.05) is 11.3 Å². The van der Waals surface area contributed by atoms with E-state index in [1.54, 1.807) is 0 Å². The van der Waals surface area contributed by atoms with Crippen molar-refractivity contribution in [2.75, 3.05) is 5.32 Å². The summed E-state index contributed by atoms with van der Waals surface area (Å²) >= 11 is 6.18. The lowest BCUT2D eigenvalue weighted by molar-refractivity contribution is 0.849. The van der Waals surface area contributed by atoms with Crippen LogP contribution in [-0.4, -0.2) is 9.97 Å². The molecule has 20 heavy (non-hydrogen) atoms. The third-order valence-electron chi connectivity index (χ3n) is 3.23. The van der Waals surface area contributed by atoms with E-state index in [1.807, 2.05) is 6.07 Å². The molecule has 1 aromatic heterocycles. The maximum atomic E-state index is 6.18. The Labute approximate surface area is 125 Å². The Balaban J connectivity index is 2.35. The average molecular weight is 290 g/mol. The molecular formula is C16H20ClN3. The van der Waals surface area contributed by atoms with Gasteiger partial charge in [0.05, 0.1) is 0 Å². The van der Waals surface area contributed by atoms with E-state index >= 15 is 0 Å². The van der Waals surface area contributed by atoms with E-state index in [-0.39, 0.29) is 5.92 Å². The van der Waals surface area contributed by atoms with Crippen LogP contribution in [0.15, 0.2) is 30.6 Å². The quantitative estimate of drug-likeness (QED) is 0.794. The Morgan fingerprint density at radius 2 is 1.80 bits per heavy atom. The Morgan fingerprint density at radius 3 is 2.45 bits per heavy atom. The van der Waals surface area contributed by atoms with Gasteiger partial charge < -0.3 is 5.32 Å². The first-order chi connectivity index (χ1) is 9.49. The second kappa shape index (κ2) is 6.23. The zero-order chi connectivity index (χ0) is 14.7. The number of halogens is 1. The minimum absolute atomic E-state index is 0.263. The molecule has 0 saturated heterocycles. The van der Waals surface area contributed by atoms with E-state index in [4.69, 9.17) is 11.6 Å². The van der Waals surface area contributed by atoms with Gasteiger partial charge in [-0.1, -0.05) is 51.4 Å². The first-order valence-electron chi connectivity index (χ1n) is 6.86. The lowest BCUT2D eigenvalue weighted by Crippen LogP contribution is -2.03. The summed E-state index contributed by atoms with van der Waals surface area (Å²) in [5.74, 6) is 1.54. The van der Waals surface area contributed by atoms with E-state index in [1.165, 1.54) is 11.9 Å². The molecule has 2 rings (SSSR count). The summed E-state index contributed by atoms with van der Waals surface area (Å²) in [5.41, 5.74) is 3.26. The second-order valence-electron chi connectivity index (χ2n) is 5.49. The zero-order valence-corrected chi connectivity index (χ0v) is 13.1. The Kier molecular flexibility index (Phi) is 4.61. The van der Waals surface area contributed by atoms with Crippen molar-refractivity contribution in [1.82, 2.24) is 9.97 Å². The fourth-order valence-corrected chi connectivity index (χ4v) is 2.45. The third kappa shape index (κ3) is 3.28. The van der Waals surface area contributed by atoms with Crippen LogP contribution >= 0.6 is 11.6 Å². The van der Waals surface area contributed by atoms with Gasteiger partial charge in [-0.3, -0.25) is 0 Å². The van der Waals surface area contributed by atoms with E-state index in [0.29, 0.717) is 11.1 Å². The maximum Gasteiger partial charge on any atom is 0.138 e. The number of nitrogens with zero attached hydrogens (tertiary/aromatic N) is 2. The van der Waals surface area contributed by atoms with Crippen molar-refractivity contribution in [1.29, 1.82) is 0 Å². The van der Waals surface area contributed by atoms with E-state index in [0.717, 1.165) is 17.1 Å². The largest absolute Gasteiger partial charge is 0.340 e. The molecule has 2 aromatic rings. The minimum atomic E-state index is 0.263. The molecule has 1 N–H and O–H groups in total. The van der Waals surface area contributed by atoms with Gasteiger partial charge in [-0.2, -0.15) is 0 Å². The van der Waals surface area contributed by atoms with Gasteiger partial charge in [-0.05, 0) is 29.5 Å². The summed E-state index contributed by atoms with van der Waals surface area (Å²) in [5, 5.41) is 3.87. The Morgan fingerprint density at radius 1 is 1.05 bits per heavy atom. The van der Waals surface area contributed by atoms with Gasteiger partial charge in [0.25, 0.3) is 0 Å². The highest BCUT2D eigenvalue weighted by molar-refractivity contribution is 6.30. The lowest BCUT2D eigenvalue weighted by atomic mass is 10.0. The molecule has 0 fully saturated rings. The zero-order valence-electron chi connectivity index (χ0n) is 12.3. The van der Waals surface area contributed by atoms with Gasteiger partial charge in [0.2, 0.25) is 0 Å². The summed E-state index contributed by atoms with van der Waals surface area (Å²) in [6.45, 7) is 8.53. The minimum Gasteiger partial charge on any atom is -0.340 e. The topological polar surface area (TPSA) is 37.8 Å². The van der Waals surface area contributed by atoms with Gasteiger partial charge in [0.1, 0.15) is 17.3 Å². The first-order valence-corrected chi connectivity index (χ1v) is 7.24.